The molecule has 1 aliphatic carbocycles. The van der Waals surface area contributed by atoms with Crippen molar-refractivity contribution in [3.8, 4) is 0 Å². The van der Waals surface area contributed by atoms with E-state index in [4.69, 9.17) is 5.73 Å². The number of benzene rings is 1. The predicted molar refractivity (Wildman–Crippen MR) is 81.8 cm³/mol. The van der Waals surface area contributed by atoms with Gasteiger partial charge in [-0.05, 0) is 19.3 Å². The molecular weight excluding hydrogens is 325 g/mol. The van der Waals surface area contributed by atoms with Gasteiger partial charge in [0.2, 0.25) is 0 Å². The summed E-state index contributed by atoms with van der Waals surface area (Å²) in [4.78, 5) is 27.2. The minimum Gasteiger partial charge on any atom is -0.365 e. The maximum Gasteiger partial charge on any atom is 0.329 e. The van der Waals surface area contributed by atoms with Crippen molar-refractivity contribution in [3.05, 3.63) is 38.3 Å². The molecule has 0 amide bonds. The van der Waals surface area contributed by atoms with Crippen molar-refractivity contribution in [2.24, 2.45) is 5.73 Å². The van der Waals surface area contributed by atoms with E-state index in [0.29, 0.717) is 19.3 Å². The Bertz CT molecular complexity index is 964. The first-order valence-corrected chi connectivity index (χ1v) is 7.75. The summed E-state index contributed by atoms with van der Waals surface area (Å²) in [6.07, 6.45) is 1.75. The molecule has 2 aromatic rings. The average molecular weight is 340 g/mol. The van der Waals surface area contributed by atoms with Gasteiger partial charge in [0, 0.05) is 25.2 Å². The molecule has 3 N–H and O–H groups in total. The van der Waals surface area contributed by atoms with Crippen molar-refractivity contribution in [3.63, 3.8) is 0 Å². The van der Waals surface area contributed by atoms with Crippen molar-refractivity contribution < 1.29 is 13.2 Å². The lowest BCUT2D eigenvalue weighted by Gasteiger charge is -2.22. The molecule has 2 heterocycles. The van der Waals surface area contributed by atoms with Crippen LogP contribution in [0, 0.1) is 17.5 Å². The highest BCUT2D eigenvalue weighted by atomic mass is 19.2. The number of fused-ring (bicyclic) bond motifs is 1. The van der Waals surface area contributed by atoms with Crippen LogP contribution in [0.15, 0.2) is 9.59 Å². The third-order valence-electron chi connectivity index (χ3n) is 4.63. The largest absolute Gasteiger partial charge is 0.365 e. The maximum atomic E-state index is 15.1. The fourth-order valence-electron chi connectivity index (χ4n) is 3.34. The van der Waals surface area contributed by atoms with E-state index < -0.39 is 45.3 Å². The molecule has 6 nitrogen and oxygen atoms in total. The van der Waals surface area contributed by atoms with Gasteiger partial charge in [0.25, 0.3) is 5.56 Å². The van der Waals surface area contributed by atoms with Crippen LogP contribution in [0.3, 0.4) is 0 Å². The molecule has 2 aliphatic rings. The lowest BCUT2D eigenvalue weighted by molar-refractivity contribution is 0.499. The number of nitrogens with two attached hydrogens (primary N) is 1. The summed E-state index contributed by atoms with van der Waals surface area (Å²) >= 11 is 0. The number of rotatable bonds is 2. The Morgan fingerprint density at radius 1 is 1.04 bits per heavy atom. The highest BCUT2D eigenvalue weighted by Gasteiger charge is 2.34. The number of hydrogen-bond donors (Lipinski definition) is 2. The van der Waals surface area contributed by atoms with Crippen molar-refractivity contribution in [1.82, 2.24) is 9.55 Å². The highest BCUT2D eigenvalue weighted by molar-refractivity contribution is 5.84. The SMILES string of the molecule is NC1CCN(c2c(F)c(F)c3c(=O)[nH]c(=O)n(C4CC4)c3c2F)C1. The Balaban J connectivity index is 2.11. The summed E-state index contributed by atoms with van der Waals surface area (Å²) in [7, 11) is 0. The molecule has 1 aromatic carbocycles. The first kappa shape index (κ1) is 15.3. The van der Waals surface area contributed by atoms with Crippen molar-refractivity contribution >= 4 is 16.6 Å². The second-order valence-electron chi connectivity index (χ2n) is 6.37. The summed E-state index contributed by atoms with van der Waals surface area (Å²) in [5.41, 5.74) is 2.78. The first-order chi connectivity index (χ1) is 11.4. The lowest BCUT2D eigenvalue weighted by atomic mass is 10.1. The first-order valence-electron chi connectivity index (χ1n) is 7.75. The molecule has 1 aliphatic heterocycles. The van der Waals surface area contributed by atoms with Gasteiger partial charge in [-0.2, -0.15) is 0 Å². The van der Waals surface area contributed by atoms with E-state index in [1.165, 1.54) is 4.90 Å². The van der Waals surface area contributed by atoms with Gasteiger partial charge < -0.3 is 10.6 Å². The molecule has 0 bridgehead atoms. The van der Waals surface area contributed by atoms with Crippen LogP contribution >= 0.6 is 0 Å². The van der Waals surface area contributed by atoms with Crippen LogP contribution in [-0.2, 0) is 0 Å². The van der Waals surface area contributed by atoms with E-state index >= 15 is 4.39 Å². The van der Waals surface area contributed by atoms with Crippen LogP contribution in [0.25, 0.3) is 10.9 Å². The minimum atomic E-state index is -1.45. The number of halogens is 3. The van der Waals surface area contributed by atoms with Crippen LogP contribution in [0.2, 0.25) is 0 Å². The maximum absolute atomic E-state index is 15.1. The Hall–Kier alpha value is -2.29. The van der Waals surface area contributed by atoms with Gasteiger partial charge in [0.05, 0.1) is 5.52 Å². The zero-order chi connectivity index (χ0) is 17.2. The van der Waals surface area contributed by atoms with Crippen molar-refractivity contribution in [1.29, 1.82) is 0 Å². The minimum absolute atomic E-state index is 0.176. The summed E-state index contributed by atoms with van der Waals surface area (Å²) in [5.74, 6) is -3.97. The van der Waals surface area contributed by atoms with Gasteiger partial charge >= 0.3 is 5.69 Å². The van der Waals surface area contributed by atoms with Crippen molar-refractivity contribution in [2.75, 3.05) is 18.0 Å². The van der Waals surface area contributed by atoms with E-state index in [1.54, 1.807) is 0 Å². The fourth-order valence-corrected chi connectivity index (χ4v) is 3.34. The number of hydrogen-bond acceptors (Lipinski definition) is 4. The molecule has 24 heavy (non-hydrogen) atoms. The quantitative estimate of drug-likeness (QED) is 0.798. The smallest absolute Gasteiger partial charge is 0.329 e. The van der Waals surface area contributed by atoms with Crippen LogP contribution in [0.5, 0.6) is 0 Å². The highest BCUT2D eigenvalue weighted by Crippen LogP contribution is 2.39. The molecule has 0 spiro atoms. The summed E-state index contributed by atoms with van der Waals surface area (Å²) in [6, 6.07) is -0.586. The fraction of sp³-hybridized carbons (Fsp3) is 0.467. The standard InChI is InChI=1S/C15H15F3N4O2/c16-9-8-12(22(7-1-2-7)15(24)20-14(8)23)11(18)13(10(9)17)21-4-3-6(19)5-21/h6-7H,1-5,19H2,(H,20,23,24). The van der Waals surface area contributed by atoms with Gasteiger partial charge in [-0.25, -0.2) is 18.0 Å². The van der Waals surface area contributed by atoms with Gasteiger partial charge in [0.1, 0.15) is 11.1 Å². The molecule has 128 valence electrons. The average Bonchev–Trinajstić information content (AvgIpc) is 3.26. The summed E-state index contributed by atoms with van der Waals surface area (Å²) < 4.78 is 45.1. The number of nitrogens with one attached hydrogen (secondary N) is 1. The van der Waals surface area contributed by atoms with Gasteiger partial charge in [-0.3, -0.25) is 14.3 Å². The van der Waals surface area contributed by atoms with Crippen LogP contribution < -0.4 is 21.9 Å². The Morgan fingerprint density at radius 3 is 2.33 bits per heavy atom. The second kappa shape index (κ2) is 5.10. The second-order valence-corrected chi connectivity index (χ2v) is 6.37. The van der Waals surface area contributed by atoms with Crippen molar-refractivity contribution in [2.45, 2.75) is 31.3 Å². The molecule has 2 fully saturated rings. The molecule has 1 saturated heterocycles. The monoisotopic (exact) mass is 340 g/mol. The van der Waals surface area contributed by atoms with Gasteiger partial charge in [-0.15, -0.1) is 0 Å². The van der Waals surface area contributed by atoms with E-state index in [9.17, 15) is 18.4 Å². The zero-order valence-electron chi connectivity index (χ0n) is 12.6. The number of anilines is 1. The van der Waals surface area contributed by atoms with Crippen LogP contribution in [0.4, 0.5) is 18.9 Å². The number of aromatic nitrogens is 2. The van der Waals surface area contributed by atoms with E-state index in [-0.39, 0.29) is 25.2 Å². The molecule has 1 unspecified atom stereocenters. The molecular formula is C15H15F3N4O2. The number of H-pyrrole nitrogens is 1. The molecule has 1 aromatic heterocycles. The Labute approximate surface area is 133 Å². The van der Waals surface area contributed by atoms with E-state index in [2.05, 4.69) is 0 Å². The number of nitrogens with zero attached hydrogens (tertiary/aromatic N) is 2. The summed E-state index contributed by atoms with van der Waals surface area (Å²) in [6.45, 7) is 0.451. The topological polar surface area (TPSA) is 84.1 Å². The Kier molecular flexibility index (Phi) is 3.24. The molecule has 9 heteroatoms. The molecule has 1 saturated carbocycles. The third kappa shape index (κ3) is 2.07. The predicted octanol–water partition coefficient (Wildman–Crippen LogP) is 0.979. The van der Waals surface area contributed by atoms with Gasteiger partial charge in [0.15, 0.2) is 17.5 Å². The Morgan fingerprint density at radius 2 is 1.75 bits per heavy atom. The molecule has 1 atom stereocenters. The summed E-state index contributed by atoms with van der Waals surface area (Å²) in [5, 5.41) is -0.760. The van der Waals surface area contributed by atoms with Crippen LogP contribution in [0.1, 0.15) is 25.3 Å². The van der Waals surface area contributed by atoms with Gasteiger partial charge in [-0.1, -0.05) is 0 Å². The zero-order valence-corrected chi connectivity index (χ0v) is 12.6. The number of aromatic amines is 1. The third-order valence-corrected chi connectivity index (χ3v) is 4.63. The molecule has 4 rings (SSSR count). The van der Waals surface area contributed by atoms with Crippen LogP contribution in [-0.4, -0.2) is 28.7 Å². The normalized spacial score (nSPS) is 21.0. The van der Waals surface area contributed by atoms with E-state index in [0.717, 1.165) is 4.57 Å². The van der Waals surface area contributed by atoms with E-state index in [1.807, 2.05) is 4.98 Å². The lowest BCUT2D eigenvalue weighted by Crippen LogP contribution is -2.33. The molecule has 0 radical (unpaired) electrons.